The van der Waals surface area contributed by atoms with E-state index in [1.165, 1.54) is 22.7 Å². The molecule has 3 aromatic rings. The first-order chi connectivity index (χ1) is 13.0. The molecule has 0 fully saturated rings. The summed E-state index contributed by atoms with van der Waals surface area (Å²) in [7, 11) is 0. The maximum atomic E-state index is 12.0. The van der Waals surface area contributed by atoms with Crippen LogP contribution in [0.15, 0.2) is 41.9 Å². The second kappa shape index (κ2) is 9.12. The van der Waals surface area contributed by atoms with Crippen LogP contribution in [0.5, 0.6) is 0 Å². The van der Waals surface area contributed by atoms with Gasteiger partial charge in [-0.25, -0.2) is 4.98 Å². The molecule has 0 aliphatic heterocycles. The van der Waals surface area contributed by atoms with Crippen LogP contribution < -0.4 is 10.6 Å². The van der Waals surface area contributed by atoms with Crippen molar-refractivity contribution in [3.8, 4) is 0 Å². The van der Waals surface area contributed by atoms with Gasteiger partial charge in [-0.15, -0.1) is 22.7 Å². The Kier molecular flexibility index (Phi) is 6.60. The van der Waals surface area contributed by atoms with Gasteiger partial charge in [0, 0.05) is 35.5 Å². The quantitative estimate of drug-likeness (QED) is 0.591. The molecule has 1 aromatic carbocycles. The summed E-state index contributed by atoms with van der Waals surface area (Å²) in [5.74, 6) is -0.341. The van der Waals surface area contributed by atoms with Crippen LogP contribution in [0.25, 0.3) is 0 Å². The van der Waals surface area contributed by atoms with Gasteiger partial charge in [0.1, 0.15) is 0 Å². The molecule has 3 rings (SSSR count). The number of aromatic nitrogens is 1. The molecule has 0 bridgehead atoms. The number of halogens is 1. The number of aryl methyl sites for hydroxylation is 1. The molecule has 2 heterocycles. The highest BCUT2D eigenvalue weighted by Crippen LogP contribution is 2.24. The van der Waals surface area contributed by atoms with Crippen molar-refractivity contribution < 1.29 is 9.59 Å². The molecule has 0 aliphatic carbocycles. The van der Waals surface area contributed by atoms with E-state index in [4.69, 9.17) is 11.6 Å². The van der Waals surface area contributed by atoms with Gasteiger partial charge in [0.25, 0.3) is 5.91 Å². The smallest absolute Gasteiger partial charge is 0.261 e. The minimum atomic E-state index is -0.180. The van der Waals surface area contributed by atoms with Gasteiger partial charge in [0.2, 0.25) is 5.91 Å². The van der Waals surface area contributed by atoms with Crippen molar-refractivity contribution in [2.45, 2.75) is 19.8 Å². The first kappa shape index (κ1) is 19.5. The van der Waals surface area contributed by atoms with Gasteiger partial charge in [-0.1, -0.05) is 29.8 Å². The number of hydrogen-bond donors (Lipinski definition) is 2. The lowest BCUT2D eigenvalue weighted by Gasteiger charge is -2.04. The predicted octanol–water partition coefficient (Wildman–Crippen LogP) is 4.52. The zero-order valence-corrected chi connectivity index (χ0v) is 17.0. The fourth-order valence-corrected chi connectivity index (χ4v) is 4.07. The third-order valence-corrected chi connectivity index (χ3v) is 5.99. The monoisotopic (exact) mass is 419 g/mol. The van der Waals surface area contributed by atoms with E-state index in [1.54, 1.807) is 12.3 Å². The second-order valence-electron chi connectivity index (χ2n) is 5.92. The highest BCUT2D eigenvalue weighted by Gasteiger charge is 2.10. The number of rotatable bonds is 7. The number of carbonyl (C=O) groups is 2. The van der Waals surface area contributed by atoms with E-state index in [-0.39, 0.29) is 24.8 Å². The van der Waals surface area contributed by atoms with Crippen molar-refractivity contribution in [1.82, 2.24) is 10.3 Å². The van der Waals surface area contributed by atoms with E-state index in [0.29, 0.717) is 16.4 Å². The average molecular weight is 420 g/mol. The summed E-state index contributed by atoms with van der Waals surface area (Å²) in [5, 5.41) is 8.64. The van der Waals surface area contributed by atoms with Crippen LogP contribution in [-0.2, 0) is 11.2 Å². The van der Waals surface area contributed by atoms with Crippen molar-refractivity contribution >= 4 is 51.2 Å². The van der Waals surface area contributed by atoms with Gasteiger partial charge in [0.15, 0.2) is 5.13 Å². The van der Waals surface area contributed by atoms with Crippen molar-refractivity contribution in [3.63, 3.8) is 0 Å². The number of carbonyl (C=O) groups excluding carboxylic acids is 2. The number of nitrogens with zero attached hydrogens (tertiary/aromatic N) is 1. The zero-order valence-electron chi connectivity index (χ0n) is 14.6. The Morgan fingerprint density at radius 3 is 2.85 bits per heavy atom. The summed E-state index contributed by atoms with van der Waals surface area (Å²) in [6.07, 6.45) is 2.66. The van der Waals surface area contributed by atoms with Gasteiger partial charge < -0.3 is 10.6 Å². The molecule has 8 heteroatoms. The predicted molar refractivity (Wildman–Crippen MR) is 111 cm³/mol. The summed E-state index contributed by atoms with van der Waals surface area (Å²) in [6.45, 7) is 2.25. The molecule has 2 amide bonds. The number of anilines is 1. The third-order valence-electron chi connectivity index (χ3n) is 3.80. The van der Waals surface area contributed by atoms with Crippen molar-refractivity contribution in [3.05, 3.63) is 67.8 Å². The van der Waals surface area contributed by atoms with E-state index in [9.17, 15) is 9.59 Å². The van der Waals surface area contributed by atoms with Gasteiger partial charge in [-0.05, 0) is 35.6 Å². The molecule has 0 saturated carbocycles. The zero-order chi connectivity index (χ0) is 19.2. The number of amides is 2. The maximum Gasteiger partial charge on any atom is 0.261 e. The summed E-state index contributed by atoms with van der Waals surface area (Å²) in [4.78, 5) is 29.8. The van der Waals surface area contributed by atoms with E-state index in [1.807, 2.05) is 36.6 Å². The number of thiazole rings is 1. The molecule has 140 valence electrons. The standard InChI is InChI=1S/C19H18ClN3O2S2/c1-12-4-5-13(10-15(12)20)9-14-11-22-19(27-14)23-17(24)6-7-21-18(25)16-3-2-8-26-16/h2-5,8,10-11H,6-7,9H2,1H3,(H,21,25)(H,22,23,24). The lowest BCUT2D eigenvalue weighted by molar-refractivity contribution is -0.116. The molecule has 27 heavy (non-hydrogen) atoms. The van der Waals surface area contributed by atoms with Crippen LogP contribution in [-0.4, -0.2) is 23.3 Å². The Morgan fingerprint density at radius 1 is 1.26 bits per heavy atom. The largest absolute Gasteiger partial charge is 0.351 e. The number of nitrogens with one attached hydrogen (secondary N) is 2. The number of thiophene rings is 1. The number of hydrogen-bond acceptors (Lipinski definition) is 5. The van der Waals surface area contributed by atoms with Crippen LogP contribution in [0.2, 0.25) is 5.02 Å². The molecule has 5 nitrogen and oxygen atoms in total. The van der Waals surface area contributed by atoms with Gasteiger partial charge >= 0.3 is 0 Å². The summed E-state index contributed by atoms with van der Waals surface area (Å²) in [5.41, 5.74) is 2.15. The van der Waals surface area contributed by atoms with E-state index in [0.717, 1.165) is 21.0 Å². The van der Waals surface area contributed by atoms with Crippen LogP contribution in [0.1, 0.15) is 32.1 Å². The molecule has 2 aromatic heterocycles. The van der Waals surface area contributed by atoms with Crippen LogP contribution in [0.3, 0.4) is 0 Å². The van der Waals surface area contributed by atoms with Crippen LogP contribution in [0, 0.1) is 6.92 Å². The third kappa shape index (κ3) is 5.63. The molecule has 2 N–H and O–H groups in total. The first-order valence-corrected chi connectivity index (χ1v) is 10.4. The van der Waals surface area contributed by atoms with Crippen molar-refractivity contribution in [2.24, 2.45) is 0 Å². The Bertz CT molecular complexity index is 938. The molecular weight excluding hydrogens is 402 g/mol. The lowest BCUT2D eigenvalue weighted by Crippen LogP contribution is -2.27. The highest BCUT2D eigenvalue weighted by atomic mass is 35.5. The van der Waals surface area contributed by atoms with Crippen LogP contribution in [0.4, 0.5) is 5.13 Å². The first-order valence-electron chi connectivity index (χ1n) is 8.32. The minimum absolute atomic E-state index is 0.161. The van der Waals surface area contributed by atoms with Crippen LogP contribution >= 0.6 is 34.3 Å². The number of benzene rings is 1. The summed E-state index contributed by atoms with van der Waals surface area (Å²) < 4.78 is 0. The minimum Gasteiger partial charge on any atom is -0.351 e. The topological polar surface area (TPSA) is 71.1 Å². The molecule has 0 unspecified atom stereocenters. The molecule has 0 saturated heterocycles. The van der Waals surface area contributed by atoms with Gasteiger partial charge in [-0.2, -0.15) is 0 Å². The summed E-state index contributed by atoms with van der Waals surface area (Å²) >= 11 is 8.96. The van der Waals surface area contributed by atoms with Crippen molar-refractivity contribution in [2.75, 3.05) is 11.9 Å². The molecular formula is C19H18ClN3O2S2. The molecule has 0 atom stereocenters. The Hall–Kier alpha value is -2.22. The lowest BCUT2D eigenvalue weighted by atomic mass is 10.1. The fraction of sp³-hybridized carbons (Fsp3) is 0.211. The van der Waals surface area contributed by atoms with Gasteiger partial charge in [-0.3, -0.25) is 9.59 Å². The SMILES string of the molecule is Cc1ccc(Cc2cnc(NC(=O)CCNC(=O)c3cccs3)s2)cc1Cl. The maximum absolute atomic E-state index is 12.0. The Balaban J connectivity index is 1.46. The molecule has 0 radical (unpaired) electrons. The molecule has 0 spiro atoms. The fourth-order valence-electron chi connectivity index (χ4n) is 2.36. The Labute approximate surface area is 170 Å². The summed E-state index contributed by atoms with van der Waals surface area (Å²) in [6, 6.07) is 9.54. The van der Waals surface area contributed by atoms with Gasteiger partial charge in [0.05, 0.1) is 4.88 Å². The van der Waals surface area contributed by atoms with Crippen molar-refractivity contribution in [1.29, 1.82) is 0 Å². The highest BCUT2D eigenvalue weighted by molar-refractivity contribution is 7.15. The van der Waals surface area contributed by atoms with E-state index in [2.05, 4.69) is 15.6 Å². The van der Waals surface area contributed by atoms with E-state index < -0.39 is 0 Å². The Morgan fingerprint density at radius 2 is 2.11 bits per heavy atom. The average Bonchev–Trinajstić information content (AvgIpc) is 3.30. The van der Waals surface area contributed by atoms with E-state index >= 15 is 0 Å². The normalized spacial score (nSPS) is 10.6. The molecule has 0 aliphatic rings. The second-order valence-corrected chi connectivity index (χ2v) is 8.39.